The van der Waals surface area contributed by atoms with Crippen molar-refractivity contribution in [1.29, 1.82) is 0 Å². The van der Waals surface area contributed by atoms with Gasteiger partial charge in [-0.25, -0.2) is 4.39 Å². The van der Waals surface area contributed by atoms with Gasteiger partial charge in [0, 0.05) is 17.6 Å². The number of hydrogen-bond acceptors (Lipinski definition) is 2. The summed E-state index contributed by atoms with van der Waals surface area (Å²) in [5.41, 5.74) is 0.0970. The number of amides is 1. The molecule has 1 aromatic carbocycles. The van der Waals surface area contributed by atoms with Crippen LogP contribution in [0.2, 0.25) is 0 Å². The van der Waals surface area contributed by atoms with Crippen LogP contribution in [0.1, 0.15) is 23.7 Å². The van der Waals surface area contributed by atoms with Crippen LogP contribution < -0.4 is 5.32 Å². The second kappa shape index (κ2) is 6.48. The van der Waals surface area contributed by atoms with Crippen LogP contribution in [0.15, 0.2) is 22.7 Å². The zero-order valence-corrected chi connectivity index (χ0v) is 12.5. The molecule has 0 aromatic heterocycles. The summed E-state index contributed by atoms with van der Waals surface area (Å²) in [4.78, 5) is 14.3. The highest BCUT2D eigenvalue weighted by molar-refractivity contribution is 9.10. The molecule has 5 heteroatoms. The third kappa shape index (κ3) is 3.76. The van der Waals surface area contributed by atoms with Gasteiger partial charge < -0.3 is 10.2 Å². The number of halogens is 2. The number of nitrogens with zero attached hydrogens (tertiary/aromatic N) is 1. The summed E-state index contributed by atoms with van der Waals surface area (Å²) >= 11 is 3.25. The van der Waals surface area contributed by atoms with Crippen molar-refractivity contribution in [1.82, 2.24) is 10.2 Å². The summed E-state index contributed by atoms with van der Waals surface area (Å²) in [6.45, 7) is 5.89. The van der Waals surface area contributed by atoms with Gasteiger partial charge in [0.15, 0.2) is 0 Å². The monoisotopic (exact) mass is 328 g/mol. The largest absolute Gasteiger partial charge is 0.352 e. The van der Waals surface area contributed by atoms with E-state index in [1.807, 2.05) is 0 Å². The zero-order valence-electron chi connectivity index (χ0n) is 11.0. The Bertz CT molecular complexity index is 467. The van der Waals surface area contributed by atoms with Crippen LogP contribution in [-0.4, -0.2) is 37.0 Å². The number of hydrogen-bond donors (Lipinski definition) is 1. The Morgan fingerprint density at radius 3 is 3.05 bits per heavy atom. The predicted octanol–water partition coefficient (Wildman–Crippen LogP) is 2.66. The Kier molecular flexibility index (Phi) is 4.93. The lowest BCUT2D eigenvalue weighted by atomic mass is 10.1. The molecule has 0 bridgehead atoms. The number of benzene rings is 1. The van der Waals surface area contributed by atoms with Crippen LogP contribution in [0.3, 0.4) is 0 Å². The van der Waals surface area contributed by atoms with E-state index in [-0.39, 0.29) is 11.5 Å². The average Bonchev–Trinajstić information content (AvgIpc) is 2.87. The maximum Gasteiger partial charge on any atom is 0.254 e. The molecule has 1 atom stereocenters. The van der Waals surface area contributed by atoms with E-state index >= 15 is 0 Å². The molecule has 1 aromatic rings. The summed E-state index contributed by atoms with van der Waals surface area (Å²) in [7, 11) is 0. The van der Waals surface area contributed by atoms with Gasteiger partial charge in [0.05, 0.1) is 5.56 Å². The SMILES string of the molecule is CCN1CCC(CNC(=O)c2cc(Br)ccc2F)C1. The van der Waals surface area contributed by atoms with Crippen molar-refractivity contribution in [2.75, 3.05) is 26.2 Å². The first-order chi connectivity index (χ1) is 9.10. The molecule has 1 saturated heterocycles. The van der Waals surface area contributed by atoms with E-state index in [4.69, 9.17) is 0 Å². The summed E-state index contributed by atoms with van der Waals surface area (Å²) in [5.74, 6) is -0.352. The highest BCUT2D eigenvalue weighted by Crippen LogP contribution is 2.17. The molecular formula is C14H18BrFN2O. The van der Waals surface area contributed by atoms with Crippen LogP contribution in [0.25, 0.3) is 0 Å². The summed E-state index contributed by atoms with van der Waals surface area (Å²) in [6.07, 6.45) is 1.09. The molecule has 3 nitrogen and oxygen atoms in total. The molecular weight excluding hydrogens is 311 g/mol. The highest BCUT2D eigenvalue weighted by Gasteiger charge is 2.22. The Balaban J connectivity index is 1.89. The van der Waals surface area contributed by atoms with Gasteiger partial charge in [-0.05, 0) is 43.6 Å². The lowest BCUT2D eigenvalue weighted by molar-refractivity contribution is 0.0943. The first-order valence-electron chi connectivity index (χ1n) is 6.55. The van der Waals surface area contributed by atoms with E-state index in [0.717, 1.165) is 26.1 Å². The van der Waals surface area contributed by atoms with Gasteiger partial charge >= 0.3 is 0 Å². The van der Waals surface area contributed by atoms with Gasteiger partial charge in [0.1, 0.15) is 5.82 Å². The minimum atomic E-state index is -0.484. The molecule has 0 spiro atoms. The van der Waals surface area contributed by atoms with Gasteiger partial charge in [0.25, 0.3) is 5.91 Å². The van der Waals surface area contributed by atoms with Gasteiger partial charge in [-0.2, -0.15) is 0 Å². The molecule has 104 valence electrons. The molecule has 2 rings (SSSR count). The number of likely N-dealkylation sites (tertiary alicyclic amines) is 1. The van der Waals surface area contributed by atoms with Crippen molar-refractivity contribution in [3.05, 3.63) is 34.1 Å². The third-order valence-corrected chi connectivity index (χ3v) is 4.03. The lowest BCUT2D eigenvalue weighted by Gasteiger charge is -2.14. The molecule has 1 aliphatic rings. The fourth-order valence-electron chi connectivity index (χ4n) is 2.37. The maximum atomic E-state index is 13.5. The molecule has 0 aliphatic carbocycles. The van der Waals surface area contributed by atoms with E-state index in [2.05, 4.69) is 33.1 Å². The van der Waals surface area contributed by atoms with Crippen molar-refractivity contribution in [2.45, 2.75) is 13.3 Å². The van der Waals surface area contributed by atoms with Crippen molar-refractivity contribution in [3.63, 3.8) is 0 Å². The normalized spacial score (nSPS) is 19.6. The Hall–Kier alpha value is -0.940. The van der Waals surface area contributed by atoms with Crippen molar-refractivity contribution >= 4 is 21.8 Å². The molecule has 0 saturated carbocycles. The fraction of sp³-hybridized carbons (Fsp3) is 0.500. The molecule has 0 radical (unpaired) electrons. The average molecular weight is 329 g/mol. The van der Waals surface area contributed by atoms with Crippen LogP contribution in [0.5, 0.6) is 0 Å². The smallest absolute Gasteiger partial charge is 0.254 e. The van der Waals surface area contributed by atoms with Gasteiger partial charge in [0.2, 0.25) is 0 Å². The Morgan fingerprint density at radius 2 is 2.37 bits per heavy atom. The van der Waals surface area contributed by atoms with E-state index in [9.17, 15) is 9.18 Å². The molecule has 19 heavy (non-hydrogen) atoms. The van der Waals surface area contributed by atoms with E-state index in [0.29, 0.717) is 16.9 Å². The summed E-state index contributed by atoms with van der Waals surface area (Å²) in [6, 6.07) is 4.40. The second-order valence-corrected chi connectivity index (χ2v) is 5.80. The number of rotatable bonds is 4. The fourth-order valence-corrected chi connectivity index (χ4v) is 2.73. The molecule has 1 amide bonds. The molecule has 1 fully saturated rings. The maximum absolute atomic E-state index is 13.5. The molecule has 1 heterocycles. The number of nitrogens with one attached hydrogen (secondary N) is 1. The molecule has 1 unspecified atom stereocenters. The first-order valence-corrected chi connectivity index (χ1v) is 7.35. The summed E-state index contributed by atoms with van der Waals surface area (Å²) in [5, 5.41) is 2.83. The second-order valence-electron chi connectivity index (χ2n) is 4.88. The van der Waals surface area contributed by atoms with E-state index < -0.39 is 5.82 Å². The third-order valence-electron chi connectivity index (χ3n) is 3.54. The van der Waals surface area contributed by atoms with E-state index in [1.165, 1.54) is 12.1 Å². The Morgan fingerprint density at radius 1 is 1.58 bits per heavy atom. The van der Waals surface area contributed by atoms with Gasteiger partial charge in [-0.15, -0.1) is 0 Å². The predicted molar refractivity (Wildman–Crippen MR) is 76.7 cm³/mol. The van der Waals surface area contributed by atoms with Crippen LogP contribution in [-0.2, 0) is 0 Å². The van der Waals surface area contributed by atoms with Crippen LogP contribution in [0, 0.1) is 11.7 Å². The zero-order chi connectivity index (χ0) is 13.8. The highest BCUT2D eigenvalue weighted by atomic mass is 79.9. The van der Waals surface area contributed by atoms with Crippen molar-refractivity contribution in [2.24, 2.45) is 5.92 Å². The standard InChI is InChI=1S/C14H18BrFN2O/c1-2-18-6-5-10(9-18)8-17-14(19)12-7-11(15)3-4-13(12)16/h3-4,7,10H,2,5-6,8-9H2,1H3,(H,17,19). The minimum absolute atomic E-state index is 0.0970. The van der Waals surface area contributed by atoms with Gasteiger partial charge in [-0.3, -0.25) is 4.79 Å². The van der Waals surface area contributed by atoms with Crippen LogP contribution in [0.4, 0.5) is 4.39 Å². The van der Waals surface area contributed by atoms with E-state index in [1.54, 1.807) is 6.07 Å². The Labute approximate surface area is 121 Å². The van der Waals surface area contributed by atoms with Crippen molar-refractivity contribution < 1.29 is 9.18 Å². The quantitative estimate of drug-likeness (QED) is 0.921. The van der Waals surface area contributed by atoms with Gasteiger partial charge in [-0.1, -0.05) is 22.9 Å². The topological polar surface area (TPSA) is 32.3 Å². The number of carbonyl (C=O) groups is 1. The first kappa shape index (κ1) is 14.5. The molecule has 1 aliphatic heterocycles. The van der Waals surface area contributed by atoms with Crippen LogP contribution >= 0.6 is 15.9 Å². The number of carbonyl (C=O) groups excluding carboxylic acids is 1. The molecule has 1 N–H and O–H groups in total. The summed E-state index contributed by atoms with van der Waals surface area (Å²) < 4.78 is 14.3. The minimum Gasteiger partial charge on any atom is -0.352 e. The lowest BCUT2D eigenvalue weighted by Crippen LogP contribution is -2.31. The van der Waals surface area contributed by atoms with Crippen molar-refractivity contribution in [3.8, 4) is 0 Å².